The van der Waals surface area contributed by atoms with Gasteiger partial charge in [0.25, 0.3) is 0 Å². The van der Waals surface area contributed by atoms with Crippen molar-refractivity contribution < 1.29 is 24.2 Å². The van der Waals surface area contributed by atoms with Crippen LogP contribution >= 0.6 is 0 Å². The van der Waals surface area contributed by atoms with Crippen molar-refractivity contribution in [2.24, 2.45) is 46.8 Å². The fraction of sp³-hybridized carbons (Fsp3) is 0.737. The van der Waals surface area contributed by atoms with Gasteiger partial charge in [-0.2, -0.15) is 0 Å². The normalized spacial score (nSPS) is 52.2. The van der Waals surface area contributed by atoms with Crippen molar-refractivity contribution in [2.75, 3.05) is 7.11 Å². The van der Waals surface area contributed by atoms with Crippen LogP contribution in [0, 0.1) is 46.8 Å². The summed E-state index contributed by atoms with van der Waals surface area (Å²) in [4.78, 5) is 39.8. The van der Waals surface area contributed by atoms with Gasteiger partial charge in [-0.15, -0.1) is 0 Å². The molecule has 0 amide bonds. The Balaban J connectivity index is 1.90. The van der Waals surface area contributed by atoms with E-state index >= 15 is 0 Å². The minimum Gasteiger partial charge on any atom is -0.468 e. The van der Waals surface area contributed by atoms with E-state index in [2.05, 4.69) is 0 Å². The van der Waals surface area contributed by atoms with Crippen molar-refractivity contribution in [3.05, 3.63) is 12.2 Å². The van der Waals surface area contributed by atoms with Gasteiger partial charge in [0.15, 0.2) is 5.78 Å². The van der Waals surface area contributed by atoms with Crippen LogP contribution < -0.4 is 0 Å². The molecular formula is C19H24O5. The second-order valence-corrected chi connectivity index (χ2v) is 8.15. The summed E-state index contributed by atoms with van der Waals surface area (Å²) in [6.07, 6.45) is 4.60. The maximum absolute atomic E-state index is 13.6. The summed E-state index contributed by atoms with van der Waals surface area (Å²) in [6, 6.07) is 0. The highest BCUT2D eigenvalue weighted by atomic mass is 16.5. The first kappa shape index (κ1) is 16.0. The predicted octanol–water partition coefficient (Wildman–Crippen LogP) is 1.39. The zero-order valence-electron chi connectivity index (χ0n) is 14.3. The van der Waals surface area contributed by atoms with Crippen LogP contribution in [0.3, 0.4) is 0 Å². The molecule has 3 saturated carbocycles. The number of rotatable bonds is 1. The van der Waals surface area contributed by atoms with Crippen LogP contribution in [-0.4, -0.2) is 35.9 Å². The highest BCUT2D eigenvalue weighted by Gasteiger charge is 2.72. The molecule has 4 rings (SSSR count). The van der Waals surface area contributed by atoms with Crippen molar-refractivity contribution >= 4 is 17.5 Å². The molecule has 24 heavy (non-hydrogen) atoms. The molecular weight excluding hydrogens is 308 g/mol. The summed E-state index contributed by atoms with van der Waals surface area (Å²) >= 11 is 0. The summed E-state index contributed by atoms with van der Waals surface area (Å²) in [6.45, 7) is 3.72. The molecule has 0 heterocycles. The predicted molar refractivity (Wildman–Crippen MR) is 84.6 cm³/mol. The number of carbonyl (C=O) groups excluding carboxylic acids is 3. The molecule has 5 nitrogen and oxygen atoms in total. The van der Waals surface area contributed by atoms with E-state index < -0.39 is 29.3 Å². The summed E-state index contributed by atoms with van der Waals surface area (Å²) in [5, 5.41) is 10.3. The molecule has 0 radical (unpaired) electrons. The fourth-order valence-electron chi connectivity index (χ4n) is 6.32. The average Bonchev–Trinajstić information content (AvgIpc) is 3.11. The summed E-state index contributed by atoms with van der Waals surface area (Å²) in [5.41, 5.74) is -1.43. The number of hydrogen-bond acceptors (Lipinski definition) is 5. The molecule has 0 saturated heterocycles. The Hall–Kier alpha value is -1.49. The maximum Gasteiger partial charge on any atom is 0.320 e. The van der Waals surface area contributed by atoms with Crippen molar-refractivity contribution in [3.63, 3.8) is 0 Å². The highest BCUT2D eigenvalue weighted by Crippen LogP contribution is 2.63. The Kier molecular flexibility index (Phi) is 3.34. The van der Waals surface area contributed by atoms with E-state index in [1.807, 2.05) is 26.0 Å². The van der Waals surface area contributed by atoms with E-state index in [-0.39, 0.29) is 41.2 Å². The maximum atomic E-state index is 13.6. The van der Waals surface area contributed by atoms with Gasteiger partial charge >= 0.3 is 5.97 Å². The SMILES string of the molecule is COC(=O)C12C(=O)C3C(C(=O)C1[C@@H](C)C=C[C@H]2C)[C@H]1CC(O)[C@H]3C1. The Bertz CT molecular complexity index is 652. The van der Waals surface area contributed by atoms with Gasteiger partial charge in [-0.25, -0.2) is 0 Å². The minimum absolute atomic E-state index is 0.0353. The average molecular weight is 332 g/mol. The topological polar surface area (TPSA) is 80.7 Å². The molecule has 0 aliphatic heterocycles. The van der Waals surface area contributed by atoms with E-state index in [1.165, 1.54) is 7.11 Å². The quantitative estimate of drug-likeness (QED) is 0.446. The Morgan fingerprint density at radius 3 is 2.58 bits per heavy atom. The number of hydrogen-bond donors (Lipinski definition) is 1. The van der Waals surface area contributed by atoms with Crippen molar-refractivity contribution in [3.8, 4) is 0 Å². The van der Waals surface area contributed by atoms with Crippen LogP contribution in [0.5, 0.6) is 0 Å². The second-order valence-electron chi connectivity index (χ2n) is 8.15. The Morgan fingerprint density at radius 1 is 1.21 bits per heavy atom. The zero-order valence-corrected chi connectivity index (χ0v) is 14.3. The fourth-order valence-corrected chi connectivity index (χ4v) is 6.32. The van der Waals surface area contributed by atoms with Crippen LogP contribution in [0.1, 0.15) is 26.7 Å². The van der Waals surface area contributed by atoms with Crippen molar-refractivity contribution in [1.29, 1.82) is 0 Å². The highest BCUT2D eigenvalue weighted by molar-refractivity contribution is 6.14. The third-order valence-electron chi connectivity index (χ3n) is 7.28. The Labute approximate surface area is 141 Å². The first-order valence-corrected chi connectivity index (χ1v) is 8.88. The van der Waals surface area contributed by atoms with Gasteiger partial charge in [-0.3, -0.25) is 14.4 Å². The van der Waals surface area contributed by atoms with Crippen LogP contribution in [0.4, 0.5) is 0 Å². The summed E-state index contributed by atoms with van der Waals surface area (Å²) in [7, 11) is 1.28. The molecule has 5 unspecified atom stereocenters. The number of aliphatic hydroxyl groups excluding tert-OH is 1. The monoisotopic (exact) mass is 332 g/mol. The molecule has 4 aliphatic rings. The Morgan fingerprint density at radius 2 is 1.92 bits per heavy atom. The number of fused-ring (bicyclic) bond motifs is 6. The van der Waals surface area contributed by atoms with Gasteiger partial charge in [0.2, 0.25) is 0 Å². The minimum atomic E-state index is -1.43. The molecule has 3 fully saturated rings. The largest absolute Gasteiger partial charge is 0.468 e. The lowest BCUT2D eigenvalue weighted by atomic mass is 9.47. The summed E-state index contributed by atoms with van der Waals surface area (Å²) < 4.78 is 5.03. The number of Topliss-reactive ketones (excluding diaryl/α,β-unsaturated/α-hetero) is 2. The lowest BCUT2D eigenvalue weighted by molar-refractivity contribution is -0.182. The molecule has 2 bridgehead atoms. The van der Waals surface area contributed by atoms with E-state index in [0.29, 0.717) is 12.8 Å². The van der Waals surface area contributed by atoms with Crippen molar-refractivity contribution in [2.45, 2.75) is 32.8 Å². The van der Waals surface area contributed by atoms with Gasteiger partial charge < -0.3 is 9.84 Å². The molecule has 0 aromatic heterocycles. The van der Waals surface area contributed by atoms with Crippen LogP contribution in [0.2, 0.25) is 0 Å². The number of ketones is 2. The van der Waals surface area contributed by atoms with E-state index in [1.54, 1.807) is 0 Å². The third-order valence-corrected chi connectivity index (χ3v) is 7.28. The number of esters is 1. The first-order chi connectivity index (χ1) is 11.4. The van der Waals surface area contributed by atoms with Crippen LogP contribution in [0.25, 0.3) is 0 Å². The standard InChI is InChI=1S/C19H24O5/c1-8-4-5-9(2)19(18(23)24-3)15(8)16(21)13-10-6-11(12(20)7-10)14(13)17(19)22/h4-5,8-15,20H,6-7H2,1-3H3/t8-,9+,10+,11+,12?,13?,14?,15?,19?/m0/s1. The lowest BCUT2D eigenvalue weighted by Gasteiger charge is -2.52. The molecule has 5 heteroatoms. The van der Waals surface area contributed by atoms with E-state index in [0.717, 1.165) is 0 Å². The lowest BCUT2D eigenvalue weighted by Crippen LogP contribution is -2.65. The van der Waals surface area contributed by atoms with Crippen LogP contribution in [-0.2, 0) is 19.1 Å². The second kappa shape index (κ2) is 5.01. The summed E-state index contributed by atoms with van der Waals surface area (Å²) in [5.74, 6) is -2.87. The molecule has 130 valence electrons. The van der Waals surface area contributed by atoms with Gasteiger partial charge in [-0.1, -0.05) is 26.0 Å². The number of aliphatic hydroxyl groups is 1. The molecule has 4 aliphatic carbocycles. The molecule has 0 spiro atoms. The van der Waals surface area contributed by atoms with E-state index in [4.69, 9.17) is 4.74 Å². The van der Waals surface area contributed by atoms with Gasteiger partial charge in [-0.05, 0) is 36.5 Å². The third kappa shape index (κ3) is 1.62. The zero-order chi connectivity index (χ0) is 17.4. The van der Waals surface area contributed by atoms with Gasteiger partial charge in [0, 0.05) is 17.8 Å². The molecule has 1 N–H and O–H groups in total. The van der Waals surface area contributed by atoms with Crippen molar-refractivity contribution in [1.82, 2.24) is 0 Å². The molecule has 0 aromatic rings. The first-order valence-electron chi connectivity index (χ1n) is 8.88. The van der Waals surface area contributed by atoms with Gasteiger partial charge in [0.05, 0.1) is 13.2 Å². The number of ether oxygens (including phenoxy) is 1. The van der Waals surface area contributed by atoms with Gasteiger partial charge in [0.1, 0.15) is 11.2 Å². The van der Waals surface area contributed by atoms with E-state index in [9.17, 15) is 19.5 Å². The number of carbonyl (C=O) groups is 3. The molecule has 9 atom stereocenters. The number of allylic oxidation sites excluding steroid dienone is 2. The smallest absolute Gasteiger partial charge is 0.320 e. The molecule has 0 aromatic carbocycles. The number of methoxy groups -OCH3 is 1. The van der Waals surface area contributed by atoms with Crippen LogP contribution in [0.15, 0.2) is 12.2 Å².